The monoisotopic (exact) mass is 551 g/mol. The lowest BCUT2D eigenvalue weighted by atomic mass is 9.99. The van der Waals surface area contributed by atoms with Crippen LogP contribution in [0.3, 0.4) is 0 Å². The van der Waals surface area contributed by atoms with Gasteiger partial charge in [-0.3, -0.25) is 9.78 Å². The molecule has 0 saturated heterocycles. The van der Waals surface area contributed by atoms with Crippen molar-refractivity contribution in [2.45, 2.75) is 12.6 Å². The molecule has 0 spiro atoms. The summed E-state index contributed by atoms with van der Waals surface area (Å²) in [5, 5.41) is 3.80. The third kappa shape index (κ3) is 5.14. The minimum atomic E-state index is -4.42. The molecule has 182 valence electrons. The van der Waals surface area contributed by atoms with Gasteiger partial charge in [-0.15, -0.1) is 0 Å². The molecule has 0 bridgehead atoms. The van der Waals surface area contributed by atoms with Gasteiger partial charge < -0.3 is 10.2 Å². The lowest BCUT2D eigenvalue weighted by Gasteiger charge is -2.27. The summed E-state index contributed by atoms with van der Waals surface area (Å²) >= 11 is 3.45. The third-order valence-corrected chi connectivity index (χ3v) is 6.72. The Kier molecular flexibility index (Phi) is 6.53. The molecular weight excluding hydrogens is 531 g/mol. The molecule has 36 heavy (non-hydrogen) atoms. The highest BCUT2D eigenvalue weighted by Gasteiger charge is 2.30. The molecule has 1 aromatic heterocycles. The molecule has 8 heteroatoms. The van der Waals surface area contributed by atoms with Gasteiger partial charge in [0.2, 0.25) is 0 Å². The van der Waals surface area contributed by atoms with Crippen LogP contribution >= 0.6 is 15.9 Å². The summed E-state index contributed by atoms with van der Waals surface area (Å²) in [5.41, 5.74) is 3.85. The van der Waals surface area contributed by atoms with Crippen LogP contribution in [0.2, 0.25) is 0 Å². The zero-order valence-corrected chi connectivity index (χ0v) is 20.6. The average Bonchev–Trinajstić information content (AvgIpc) is 2.89. The molecule has 5 rings (SSSR count). The molecular formula is C28H21BrF3N3O. The first-order chi connectivity index (χ1) is 17.3. The van der Waals surface area contributed by atoms with Crippen LogP contribution in [-0.4, -0.2) is 28.9 Å². The fraction of sp³-hybridized carbons (Fsp3) is 0.143. The summed E-state index contributed by atoms with van der Waals surface area (Å²) in [7, 11) is 0. The molecule has 4 aromatic rings. The minimum Gasteiger partial charge on any atom is -0.355 e. The van der Waals surface area contributed by atoms with Gasteiger partial charge in [-0.05, 0) is 72.2 Å². The Bertz CT molecular complexity index is 1450. The number of nitrogens with one attached hydrogen (secondary N) is 1. The first-order valence-corrected chi connectivity index (χ1v) is 12.1. The van der Waals surface area contributed by atoms with Gasteiger partial charge >= 0.3 is 6.18 Å². The summed E-state index contributed by atoms with van der Waals surface area (Å²) in [6, 6.07) is 20.5. The van der Waals surface area contributed by atoms with E-state index in [0.717, 1.165) is 28.7 Å². The van der Waals surface area contributed by atoms with Crippen molar-refractivity contribution >= 4 is 49.7 Å². The van der Waals surface area contributed by atoms with Crippen molar-refractivity contribution < 1.29 is 18.0 Å². The highest BCUT2D eigenvalue weighted by Crippen LogP contribution is 2.33. The number of carbonyl (C=O) groups excluding carboxylic acids is 1. The van der Waals surface area contributed by atoms with Crippen molar-refractivity contribution in [3.05, 3.63) is 106 Å². The van der Waals surface area contributed by atoms with E-state index in [9.17, 15) is 18.0 Å². The third-order valence-electron chi connectivity index (χ3n) is 6.19. The Balaban J connectivity index is 1.28. The number of nitrogens with zero attached hydrogens (tertiary/aromatic N) is 2. The van der Waals surface area contributed by atoms with Crippen molar-refractivity contribution in [1.29, 1.82) is 0 Å². The van der Waals surface area contributed by atoms with E-state index in [4.69, 9.17) is 0 Å². The standard InChI is InChI=1S/C28H21BrF3N3O/c29-22-6-1-18(2-7-22)19-12-15-35(16-13-19)27(36)20-3-8-23(9-4-20)34-25-11-14-33-26-17-21(28(30,31)32)5-10-24(25)26/h1-12,14,17H,13,15-16H2,(H,33,34). The summed E-state index contributed by atoms with van der Waals surface area (Å²) in [6.07, 6.45) is -0.0705. The molecule has 4 nitrogen and oxygen atoms in total. The van der Waals surface area contributed by atoms with E-state index >= 15 is 0 Å². The summed E-state index contributed by atoms with van der Waals surface area (Å²) in [6.45, 7) is 1.19. The fourth-order valence-corrected chi connectivity index (χ4v) is 4.51. The van der Waals surface area contributed by atoms with Crippen molar-refractivity contribution in [1.82, 2.24) is 9.88 Å². The number of carbonyl (C=O) groups is 1. The zero-order chi connectivity index (χ0) is 25.3. The molecule has 0 unspecified atom stereocenters. The van der Waals surface area contributed by atoms with Gasteiger partial charge in [-0.25, -0.2) is 0 Å². The Hall–Kier alpha value is -3.65. The normalized spacial score (nSPS) is 14.0. The second kappa shape index (κ2) is 9.78. The Morgan fingerprint density at radius 2 is 1.72 bits per heavy atom. The van der Waals surface area contributed by atoms with Gasteiger partial charge in [0.25, 0.3) is 5.91 Å². The molecule has 3 aromatic carbocycles. The summed E-state index contributed by atoms with van der Waals surface area (Å²) < 4.78 is 40.1. The van der Waals surface area contributed by atoms with Crippen LogP contribution in [0.15, 0.2) is 89.5 Å². The van der Waals surface area contributed by atoms with E-state index < -0.39 is 11.7 Å². The SMILES string of the molecule is O=C(c1ccc(Nc2ccnc3cc(C(F)(F)F)ccc23)cc1)N1CC=C(c2ccc(Br)cc2)CC1. The quantitative estimate of drug-likeness (QED) is 0.282. The smallest absolute Gasteiger partial charge is 0.355 e. The highest BCUT2D eigenvalue weighted by molar-refractivity contribution is 9.10. The molecule has 0 atom stereocenters. The Morgan fingerprint density at radius 1 is 0.972 bits per heavy atom. The van der Waals surface area contributed by atoms with E-state index in [1.807, 2.05) is 17.0 Å². The highest BCUT2D eigenvalue weighted by atomic mass is 79.9. The largest absolute Gasteiger partial charge is 0.416 e. The van der Waals surface area contributed by atoms with Crippen LogP contribution < -0.4 is 5.32 Å². The number of alkyl halides is 3. The topological polar surface area (TPSA) is 45.2 Å². The molecule has 1 aliphatic heterocycles. The fourth-order valence-electron chi connectivity index (χ4n) is 4.25. The van der Waals surface area contributed by atoms with Gasteiger partial charge in [0.15, 0.2) is 0 Å². The number of hydrogen-bond donors (Lipinski definition) is 1. The van der Waals surface area contributed by atoms with Gasteiger partial charge in [0, 0.05) is 46.1 Å². The van der Waals surface area contributed by atoms with Crippen LogP contribution in [0.25, 0.3) is 16.5 Å². The van der Waals surface area contributed by atoms with Gasteiger partial charge in [0.1, 0.15) is 0 Å². The van der Waals surface area contributed by atoms with Crippen LogP contribution in [0.5, 0.6) is 0 Å². The zero-order valence-electron chi connectivity index (χ0n) is 19.0. The predicted molar refractivity (Wildman–Crippen MR) is 139 cm³/mol. The Labute approximate surface area is 214 Å². The van der Waals surface area contributed by atoms with Crippen LogP contribution in [-0.2, 0) is 6.18 Å². The summed E-state index contributed by atoms with van der Waals surface area (Å²) in [4.78, 5) is 18.9. The molecule has 0 saturated carbocycles. The van der Waals surface area contributed by atoms with Gasteiger partial charge in [-0.2, -0.15) is 13.2 Å². The molecule has 0 radical (unpaired) electrons. The van der Waals surface area contributed by atoms with Gasteiger partial charge in [-0.1, -0.05) is 40.2 Å². The van der Waals surface area contributed by atoms with Crippen molar-refractivity contribution in [2.24, 2.45) is 0 Å². The first-order valence-electron chi connectivity index (χ1n) is 11.4. The lowest BCUT2D eigenvalue weighted by molar-refractivity contribution is -0.137. The maximum atomic E-state index is 13.0. The van der Waals surface area contributed by atoms with Crippen molar-refractivity contribution in [3.63, 3.8) is 0 Å². The average molecular weight is 552 g/mol. The molecule has 0 fully saturated rings. The van der Waals surface area contributed by atoms with E-state index in [1.54, 1.807) is 30.3 Å². The van der Waals surface area contributed by atoms with E-state index in [1.165, 1.54) is 23.4 Å². The van der Waals surface area contributed by atoms with Crippen LogP contribution in [0, 0.1) is 0 Å². The molecule has 0 aliphatic carbocycles. The second-order valence-electron chi connectivity index (χ2n) is 8.53. The van der Waals surface area contributed by atoms with Gasteiger partial charge in [0.05, 0.1) is 11.1 Å². The van der Waals surface area contributed by atoms with Crippen LogP contribution in [0.4, 0.5) is 24.5 Å². The number of aromatic nitrogens is 1. The number of benzene rings is 3. The summed E-state index contributed by atoms with van der Waals surface area (Å²) in [5.74, 6) is -0.0401. The Morgan fingerprint density at radius 3 is 2.39 bits per heavy atom. The molecule has 1 aliphatic rings. The first kappa shape index (κ1) is 24.1. The number of pyridine rings is 1. The molecule has 1 amide bonds. The molecule has 2 heterocycles. The van der Waals surface area contributed by atoms with Crippen molar-refractivity contribution in [2.75, 3.05) is 18.4 Å². The minimum absolute atomic E-state index is 0.0401. The number of hydrogen-bond acceptors (Lipinski definition) is 3. The number of amides is 1. The number of rotatable bonds is 4. The van der Waals surface area contributed by atoms with E-state index in [2.05, 4.69) is 44.4 Å². The number of fused-ring (bicyclic) bond motifs is 1. The van der Waals surface area contributed by atoms with E-state index in [0.29, 0.717) is 29.7 Å². The maximum Gasteiger partial charge on any atom is 0.416 e. The van der Waals surface area contributed by atoms with Crippen LogP contribution in [0.1, 0.15) is 27.9 Å². The lowest BCUT2D eigenvalue weighted by Crippen LogP contribution is -2.34. The number of halogens is 4. The second-order valence-corrected chi connectivity index (χ2v) is 9.44. The predicted octanol–water partition coefficient (Wildman–Crippen LogP) is 7.69. The van der Waals surface area contributed by atoms with Crippen molar-refractivity contribution in [3.8, 4) is 0 Å². The number of anilines is 2. The molecule has 1 N–H and O–H groups in total. The maximum absolute atomic E-state index is 13.0. The van der Waals surface area contributed by atoms with E-state index in [-0.39, 0.29) is 11.4 Å².